The zero-order chi connectivity index (χ0) is 36.5. The maximum absolute atomic E-state index is 15.6. The number of hydrogen-bond donors (Lipinski definition) is 4. The smallest absolute Gasteiger partial charge is 0.326 e. The monoisotopic (exact) mass is 730 g/mol. The van der Waals surface area contributed by atoms with Crippen LogP contribution in [-0.4, -0.2) is 86.4 Å². The first-order chi connectivity index (χ1) is 24.9. The van der Waals surface area contributed by atoms with E-state index in [1.807, 2.05) is 18.2 Å². The molecule has 4 aromatic rings. The second-order valence-electron chi connectivity index (χ2n) is 13.1. The van der Waals surface area contributed by atoms with Crippen LogP contribution >= 0.6 is 0 Å². The molecular weight excluding hydrogens is 699 g/mol. The summed E-state index contributed by atoms with van der Waals surface area (Å²) in [7, 11) is -4.36. The van der Waals surface area contributed by atoms with Crippen LogP contribution in [-0.2, 0) is 31.0 Å². The molecule has 0 saturated carbocycles. The lowest BCUT2D eigenvalue weighted by Crippen LogP contribution is -2.58. The van der Waals surface area contributed by atoms with Crippen LogP contribution in [0.2, 0.25) is 0 Å². The van der Waals surface area contributed by atoms with Crippen molar-refractivity contribution < 1.29 is 46.6 Å². The van der Waals surface area contributed by atoms with E-state index in [0.717, 1.165) is 16.3 Å². The quantitative estimate of drug-likeness (QED) is 0.155. The van der Waals surface area contributed by atoms with Crippen LogP contribution < -0.4 is 29.3 Å². The third-order valence-electron chi connectivity index (χ3n) is 9.75. The number of carbonyl (C=O) groups excluding carboxylic acids is 5. The normalized spacial score (nSPS) is 19.6. The number of imide groups is 1. The molecule has 1 atom stereocenters. The Balaban J connectivity index is 0.861. The number of aromatic hydroxyl groups is 1. The summed E-state index contributed by atoms with van der Waals surface area (Å²) in [6, 6.07) is 13.9. The number of phenols is 1. The molecule has 0 aliphatic carbocycles. The van der Waals surface area contributed by atoms with Crippen LogP contribution in [0.5, 0.6) is 11.5 Å². The van der Waals surface area contributed by atoms with Gasteiger partial charge in [0.05, 0.1) is 18.8 Å². The molecule has 3 saturated heterocycles. The number of amides is 6. The average molecular weight is 731 g/mol. The average Bonchev–Trinajstić information content (AvgIpc) is 3.52. The third kappa shape index (κ3) is 5.57. The lowest BCUT2D eigenvalue weighted by Gasteiger charge is -2.38. The SMILES string of the molecule is O=C1CCC(N2C(=O)c3cccc4c(CCCNC(=O)N5CC(Oc6ccc7cc(O)c(N8CC(=O)NS8(=O)=O)c(F)c7c6)C5)ccc2c34)C(=O)N1. The summed E-state index contributed by atoms with van der Waals surface area (Å²) < 4.78 is 48.3. The molecule has 15 nitrogen and oxygen atoms in total. The van der Waals surface area contributed by atoms with Gasteiger partial charge < -0.3 is 20.1 Å². The van der Waals surface area contributed by atoms with Gasteiger partial charge in [0.25, 0.3) is 11.8 Å². The minimum atomic E-state index is -4.36. The summed E-state index contributed by atoms with van der Waals surface area (Å²) in [6.07, 6.45) is 1.28. The Morgan fingerprint density at radius 3 is 2.58 bits per heavy atom. The molecule has 268 valence electrons. The van der Waals surface area contributed by atoms with Gasteiger partial charge in [0.15, 0.2) is 5.82 Å². The highest BCUT2D eigenvalue weighted by Crippen LogP contribution is 2.42. The molecule has 0 bridgehead atoms. The van der Waals surface area contributed by atoms with Crippen molar-refractivity contribution in [3.05, 3.63) is 71.5 Å². The van der Waals surface area contributed by atoms with E-state index in [4.69, 9.17) is 4.74 Å². The Morgan fingerprint density at radius 1 is 1.02 bits per heavy atom. The van der Waals surface area contributed by atoms with Crippen molar-refractivity contribution in [2.45, 2.75) is 37.8 Å². The van der Waals surface area contributed by atoms with Crippen LogP contribution in [0.25, 0.3) is 21.5 Å². The number of phenolic OH excluding ortho intramolecular Hbond substituents is 1. The minimum Gasteiger partial charge on any atom is -0.506 e. The van der Waals surface area contributed by atoms with Gasteiger partial charge in [-0.15, -0.1) is 0 Å². The zero-order valence-electron chi connectivity index (χ0n) is 27.3. The number of hydrogen-bond acceptors (Lipinski definition) is 9. The van der Waals surface area contributed by atoms with E-state index < -0.39 is 51.9 Å². The molecule has 52 heavy (non-hydrogen) atoms. The van der Waals surface area contributed by atoms with E-state index in [0.29, 0.717) is 34.9 Å². The number of aryl methyl sites for hydroxylation is 1. The second-order valence-corrected chi connectivity index (χ2v) is 14.7. The van der Waals surface area contributed by atoms with Gasteiger partial charge in [-0.3, -0.25) is 29.4 Å². The fourth-order valence-electron chi connectivity index (χ4n) is 7.24. The van der Waals surface area contributed by atoms with Crippen molar-refractivity contribution in [2.75, 3.05) is 35.4 Å². The van der Waals surface area contributed by atoms with Crippen LogP contribution in [0, 0.1) is 5.82 Å². The number of nitrogens with one attached hydrogen (secondary N) is 3. The predicted molar refractivity (Wildman–Crippen MR) is 185 cm³/mol. The highest BCUT2D eigenvalue weighted by Gasteiger charge is 2.41. The van der Waals surface area contributed by atoms with Crippen molar-refractivity contribution in [2.24, 2.45) is 0 Å². The molecule has 4 heterocycles. The summed E-state index contributed by atoms with van der Waals surface area (Å²) in [4.78, 5) is 65.2. The van der Waals surface area contributed by atoms with Gasteiger partial charge >= 0.3 is 16.2 Å². The molecule has 0 spiro atoms. The van der Waals surface area contributed by atoms with E-state index in [1.165, 1.54) is 23.1 Å². The third-order valence-corrected chi connectivity index (χ3v) is 11.1. The molecule has 1 unspecified atom stereocenters. The summed E-state index contributed by atoms with van der Waals surface area (Å²) in [6.45, 7) is 0.270. The molecule has 8 rings (SSSR count). The number of halogens is 1. The summed E-state index contributed by atoms with van der Waals surface area (Å²) in [5, 5.41) is 17.6. The molecular formula is C35H31FN6O9S. The van der Waals surface area contributed by atoms with E-state index >= 15 is 4.39 Å². The number of urea groups is 1. The second kappa shape index (κ2) is 12.4. The number of ether oxygens (including phenoxy) is 1. The molecule has 6 amide bonds. The Morgan fingerprint density at radius 2 is 1.83 bits per heavy atom. The Bertz CT molecular complexity index is 2360. The number of fused-ring (bicyclic) bond motifs is 1. The maximum Gasteiger partial charge on any atom is 0.326 e. The molecule has 3 fully saturated rings. The molecule has 4 aliphatic rings. The number of anilines is 2. The molecule has 17 heteroatoms. The van der Waals surface area contributed by atoms with Gasteiger partial charge in [0, 0.05) is 29.3 Å². The zero-order valence-corrected chi connectivity index (χ0v) is 28.2. The molecule has 4 N–H and O–H groups in total. The number of piperidine rings is 1. The van der Waals surface area contributed by atoms with Crippen molar-refractivity contribution in [1.82, 2.24) is 20.3 Å². The Labute approximate surface area is 295 Å². The summed E-state index contributed by atoms with van der Waals surface area (Å²) in [5.74, 6) is -3.36. The highest BCUT2D eigenvalue weighted by molar-refractivity contribution is 7.92. The van der Waals surface area contributed by atoms with Gasteiger partial charge in [-0.25, -0.2) is 18.2 Å². The van der Waals surface area contributed by atoms with Crippen LogP contribution in [0.1, 0.15) is 35.2 Å². The fraction of sp³-hybridized carbons (Fsp3) is 0.286. The van der Waals surface area contributed by atoms with Crippen molar-refractivity contribution >= 4 is 72.8 Å². The lowest BCUT2D eigenvalue weighted by atomic mass is 9.97. The first-order valence-electron chi connectivity index (χ1n) is 16.6. The van der Waals surface area contributed by atoms with Gasteiger partial charge in [0.1, 0.15) is 35.9 Å². The van der Waals surface area contributed by atoms with E-state index in [9.17, 15) is 37.5 Å². The largest absolute Gasteiger partial charge is 0.506 e. The Hall–Kier alpha value is -5.97. The van der Waals surface area contributed by atoms with Crippen molar-refractivity contribution in [3.8, 4) is 11.5 Å². The highest BCUT2D eigenvalue weighted by atomic mass is 32.2. The van der Waals surface area contributed by atoms with Crippen LogP contribution in [0.15, 0.2) is 54.6 Å². The van der Waals surface area contributed by atoms with Gasteiger partial charge in [-0.1, -0.05) is 24.3 Å². The lowest BCUT2D eigenvalue weighted by molar-refractivity contribution is -0.134. The van der Waals surface area contributed by atoms with Crippen LogP contribution in [0.4, 0.5) is 20.6 Å². The van der Waals surface area contributed by atoms with Crippen LogP contribution in [0.3, 0.4) is 0 Å². The number of carbonyl (C=O) groups is 5. The molecule has 4 aliphatic heterocycles. The van der Waals surface area contributed by atoms with Crippen molar-refractivity contribution in [3.63, 3.8) is 0 Å². The van der Waals surface area contributed by atoms with Crippen molar-refractivity contribution in [1.29, 1.82) is 0 Å². The van der Waals surface area contributed by atoms with E-state index in [2.05, 4.69) is 10.6 Å². The van der Waals surface area contributed by atoms with Gasteiger partial charge in [-0.05, 0) is 65.9 Å². The Kier molecular flexibility index (Phi) is 7.89. The van der Waals surface area contributed by atoms with Gasteiger partial charge in [-0.2, -0.15) is 8.42 Å². The number of nitrogens with zero attached hydrogens (tertiary/aromatic N) is 3. The first kappa shape index (κ1) is 33.2. The van der Waals surface area contributed by atoms with Gasteiger partial charge in [0.2, 0.25) is 11.8 Å². The first-order valence-corrected chi connectivity index (χ1v) is 18.0. The standard InChI is InChI=1S/C35H31FN6O9S/c36-31-24-14-20(8-6-19(24)13-27(43)32(31)41-17-29(45)39-52(41,49)50)51-21-15-40(16-21)35(48)37-12-2-3-18-7-9-25-30-22(18)4-1-5-23(30)34(47)42(25)26-10-11-28(44)38-33(26)46/h1,4-9,13-14,21,26,43H,2-3,10-12,15-17H2,(H,37,48)(H,39,45)(H,38,44,46). The fourth-order valence-corrected chi connectivity index (χ4v) is 8.41. The topological polar surface area (TPSA) is 195 Å². The minimum absolute atomic E-state index is 0.0211. The summed E-state index contributed by atoms with van der Waals surface area (Å²) in [5.41, 5.74) is 1.50. The van der Waals surface area contributed by atoms with E-state index in [1.54, 1.807) is 27.8 Å². The number of likely N-dealkylation sites (tertiary alicyclic amines) is 1. The number of benzene rings is 4. The molecule has 0 aromatic heterocycles. The predicted octanol–water partition coefficient (Wildman–Crippen LogP) is 2.19. The molecule has 0 radical (unpaired) electrons. The molecule has 4 aromatic carbocycles. The number of rotatable bonds is 8. The van der Waals surface area contributed by atoms with E-state index in [-0.39, 0.29) is 66.4 Å². The summed E-state index contributed by atoms with van der Waals surface area (Å²) >= 11 is 0. The maximum atomic E-state index is 15.6.